The Balaban J connectivity index is 2.36. The largest absolute Gasteiger partial charge is 0.478 e. The van der Waals surface area contributed by atoms with Crippen LogP contribution in [0.2, 0.25) is 0 Å². The molecule has 0 saturated heterocycles. The molecule has 2 heterocycles. The van der Waals surface area contributed by atoms with Crippen molar-refractivity contribution < 1.29 is 27.5 Å². The van der Waals surface area contributed by atoms with Crippen LogP contribution in [0.5, 0.6) is 0 Å². The summed E-state index contributed by atoms with van der Waals surface area (Å²) in [6.07, 6.45) is -3.79. The normalized spacial score (nSPS) is 11.6. The SMILES string of the molecule is O=C(O)c1cccc2c(=O)cc(-c3cccnc3C(F)(F)F)oc12. The molecule has 2 aromatic heterocycles. The zero-order valence-electron chi connectivity index (χ0n) is 11.8. The monoisotopic (exact) mass is 335 g/mol. The molecule has 1 aromatic carbocycles. The van der Waals surface area contributed by atoms with Gasteiger partial charge in [0.1, 0.15) is 11.3 Å². The van der Waals surface area contributed by atoms with Gasteiger partial charge in [0.15, 0.2) is 16.7 Å². The Morgan fingerprint density at radius 1 is 1.17 bits per heavy atom. The predicted octanol–water partition coefficient (Wildman–Crippen LogP) is 3.57. The number of halogens is 3. The van der Waals surface area contributed by atoms with Crippen molar-refractivity contribution in [2.24, 2.45) is 0 Å². The molecule has 1 N–H and O–H groups in total. The third-order valence-electron chi connectivity index (χ3n) is 3.33. The lowest BCUT2D eigenvalue weighted by Gasteiger charge is -2.11. The van der Waals surface area contributed by atoms with E-state index in [0.717, 1.165) is 18.3 Å². The summed E-state index contributed by atoms with van der Waals surface area (Å²) < 4.78 is 44.6. The first kappa shape index (κ1) is 15.7. The highest BCUT2D eigenvalue weighted by Crippen LogP contribution is 2.35. The van der Waals surface area contributed by atoms with Crippen molar-refractivity contribution in [1.82, 2.24) is 4.98 Å². The smallest absolute Gasteiger partial charge is 0.434 e. The van der Waals surface area contributed by atoms with Crippen LogP contribution < -0.4 is 5.43 Å². The number of aromatic nitrogens is 1. The lowest BCUT2D eigenvalue weighted by molar-refractivity contribution is -0.140. The van der Waals surface area contributed by atoms with Crippen molar-refractivity contribution in [3.63, 3.8) is 0 Å². The van der Waals surface area contributed by atoms with Crippen LogP contribution in [0.25, 0.3) is 22.3 Å². The number of pyridine rings is 1. The first-order valence-corrected chi connectivity index (χ1v) is 6.62. The molecule has 0 unspecified atom stereocenters. The van der Waals surface area contributed by atoms with Gasteiger partial charge in [-0.25, -0.2) is 4.79 Å². The van der Waals surface area contributed by atoms with Crippen molar-refractivity contribution >= 4 is 16.9 Å². The molecule has 0 atom stereocenters. The Bertz CT molecular complexity index is 1010. The molecule has 0 aliphatic carbocycles. The van der Waals surface area contributed by atoms with Crippen LogP contribution in [0.1, 0.15) is 16.1 Å². The van der Waals surface area contributed by atoms with Gasteiger partial charge in [-0.3, -0.25) is 9.78 Å². The highest BCUT2D eigenvalue weighted by atomic mass is 19.4. The van der Waals surface area contributed by atoms with E-state index < -0.39 is 34.6 Å². The van der Waals surface area contributed by atoms with Crippen LogP contribution in [-0.4, -0.2) is 16.1 Å². The van der Waals surface area contributed by atoms with Crippen molar-refractivity contribution in [3.05, 3.63) is 64.1 Å². The number of para-hydroxylation sites is 1. The highest BCUT2D eigenvalue weighted by Gasteiger charge is 2.36. The molecule has 0 saturated carbocycles. The average molecular weight is 335 g/mol. The van der Waals surface area contributed by atoms with Crippen LogP contribution in [0, 0.1) is 0 Å². The first-order valence-electron chi connectivity index (χ1n) is 6.62. The maximum atomic E-state index is 13.1. The van der Waals surface area contributed by atoms with Gasteiger partial charge >= 0.3 is 12.1 Å². The summed E-state index contributed by atoms with van der Waals surface area (Å²) in [6.45, 7) is 0. The second kappa shape index (κ2) is 5.48. The number of carboxylic acids is 1. The molecule has 0 radical (unpaired) electrons. The number of rotatable bonds is 2. The number of carboxylic acid groups (broad SMARTS) is 1. The van der Waals surface area contributed by atoms with E-state index in [4.69, 9.17) is 9.52 Å². The number of hydrogen-bond acceptors (Lipinski definition) is 4. The number of alkyl halides is 3. The third kappa shape index (κ3) is 2.62. The minimum absolute atomic E-state index is 0.0314. The molecular formula is C16H8F3NO4. The maximum absolute atomic E-state index is 13.1. The fraction of sp³-hybridized carbons (Fsp3) is 0.0625. The van der Waals surface area contributed by atoms with Gasteiger partial charge in [-0.05, 0) is 24.3 Å². The van der Waals surface area contributed by atoms with E-state index in [-0.39, 0.29) is 16.5 Å². The molecule has 0 bridgehead atoms. The van der Waals surface area contributed by atoms with E-state index >= 15 is 0 Å². The van der Waals surface area contributed by atoms with Crippen LogP contribution in [-0.2, 0) is 6.18 Å². The summed E-state index contributed by atoms with van der Waals surface area (Å²) in [7, 11) is 0. The summed E-state index contributed by atoms with van der Waals surface area (Å²) in [5.41, 5.74) is -2.91. The molecular weight excluding hydrogens is 327 g/mol. The van der Waals surface area contributed by atoms with Crippen LogP contribution in [0.15, 0.2) is 51.8 Å². The Hall–Kier alpha value is -3.16. The Morgan fingerprint density at radius 3 is 2.58 bits per heavy atom. The zero-order valence-corrected chi connectivity index (χ0v) is 11.8. The van der Waals surface area contributed by atoms with Crippen LogP contribution >= 0.6 is 0 Å². The van der Waals surface area contributed by atoms with Crippen molar-refractivity contribution in [1.29, 1.82) is 0 Å². The molecule has 0 aliphatic heterocycles. The van der Waals surface area contributed by atoms with Crippen molar-refractivity contribution in [3.8, 4) is 11.3 Å². The number of fused-ring (bicyclic) bond motifs is 1. The maximum Gasteiger partial charge on any atom is 0.434 e. The summed E-state index contributed by atoms with van der Waals surface area (Å²) in [4.78, 5) is 26.7. The van der Waals surface area contributed by atoms with Gasteiger partial charge in [0.05, 0.1) is 5.39 Å². The van der Waals surface area contributed by atoms with Gasteiger partial charge in [0.25, 0.3) is 0 Å². The number of nitrogens with zero attached hydrogens (tertiary/aromatic N) is 1. The van der Waals surface area contributed by atoms with Crippen LogP contribution in [0.3, 0.4) is 0 Å². The van der Waals surface area contributed by atoms with E-state index in [1.54, 1.807) is 0 Å². The summed E-state index contributed by atoms with van der Waals surface area (Å²) >= 11 is 0. The summed E-state index contributed by atoms with van der Waals surface area (Å²) in [5.74, 6) is -1.76. The average Bonchev–Trinajstić information content (AvgIpc) is 2.53. The van der Waals surface area contributed by atoms with E-state index in [9.17, 15) is 22.8 Å². The molecule has 0 spiro atoms. The number of hydrogen-bond donors (Lipinski definition) is 1. The van der Waals surface area contributed by atoms with Gasteiger partial charge < -0.3 is 9.52 Å². The molecule has 0 aliphatic rings. The van der Waals surface area contributed by atoms with Gasteiger partial charge in [0.2, 0.25) is 0 Å². The van der Waals surface area contributed by atoms with Gasteiger partial charge in [-0.2, -0.15) is 13.2 Å². The zero-order chi connectivity index (χ0) is 17.5. The van der Waals surface area contributed by atoms with E-state index in [1.165, 1.54) is 24.3 Å². The van der Waals surface area contributed by atoms with Gasteiger partial charge in [-0.1, -0.05) is 6.07 Å². The fourth-order valence-corrected chi connectivity index (χ4v) is 2.31. The minimum Gasteiger partial charge on any atom is -0.478 e. The quantitative estimate of drug-likeness (QED) is 0.774. The molecule has 0 fully saturated rings. The molecule has 5 nitrogen and oxygen atoms in total. The summed E-state index contributed by atoms with van der Waals surface area (Å²) in [5, 5.41) is 9.13. The van der Waals surface area contributed by atoms with E-state index in [0.29, 0.717) is 0 Å². The topological polar surface area (TPSA) is 80.4 Å². The van der Waals surface area contributed by atoms with Gasteiger partial charge in [-0.15, -0.1) is 0 Å². The lowest BCUT2D eigenvalue weighted by atomic mass is 10.1. The molecule has 122 valence electrons. The molecule has 3 rings (SSSR count). The molecule has 8 heteroatoms. The Morgan fingerprint density at radius 2 is 1.92 bits per heavy atom. The number of aromatic carboxylic acids is 1. The molecule has 3 aromatic rings. The number of carbonyl (C=O) groups is 1. The van der Waals surface area contributed by atoms with Gasteiger partial charge in [0, 0.05) is 17.8 Å². The Labute approximate surface area is 132 Å². The van der Waals surface area contributed by atoms with Crippen molar-refractivity contribution in [2.75, 3.05) is 0 Å². The van der Waals surface area contributed by atoms with E-state index in [1.807, 2.05) is 0 Å². The fourth-order valence-electron chi connectivity index (χ4n) is 2.31. The second-order valence-electron chi connectivity index (χ2n) is 4.86. The molecule has 24 heavy (non-hydrogen) atoms. The highest BCUT2D eigenvalue weighted by molar-refractivity contribution is 6.01. The standard InChI is InChI=1S/C16H8F3NO4/c17-16(18,19)14-9(5-2-6-20-14)12-7-11(21)8-3-1-4-10(15(22)23)13(8)24-12/h1-7H,(H,22,23). The first-order chi connectivity index (χ1) is 11.3. The summed E-state index contributed by atoms with van der Waals surface area (Å²) in [6, 6.07) is 7.14. The minimum atomic E-state index is -4.75. The van der Waals surface area contributed by atoms with E-state index in [2.05, 4.69) is 4.98 Å². The Kier molecular flexibility index (Phi) is 3.59. The number of benzene rings is 1. The second-order valence-corrected chi connectivity index (χ2v) is 4.86. The predicted molar refractivity (Wildman–Crippen MR) is 77.7 cm³/mol. The molecule has 0 amide bonds. The lowest BCUT2D eigenvalue weighted by Crippen LogP contribution is -2.11. The van der Waals surface area contributed by atoms with Crippen molar-refractivity contribution in [2.45, 2.75) is 6.18 Å². The third-order valence-corrected chi connectivity index (χ3v) is 3.33. The van der Waals surface area contributed by atoms with Crippen LogP contribution in [0.4, 0.5) is 13.2 Å².